The van der Waals surface area contributed by atoms with Crippen molar-refractivity contribution in [2.45, 2.75) is 19.4 Å². The fraction of sp³-hybridized carbons (Fsp3) is 0.500. The monoisotopic (exact) mass is 356 g/mol. The van der Waals surface area contributed by atoms with Crippen molar-refractivity contribution >= 4 is 5.95 Å². The van der Waals surface area contributed by atoms with Crippen LogP contribution in [-0.2, 0) is 11.3 Å². The SMILES string of the molecule is Fc1cnc(N2CCOC[C@]3(CCCN(Cc4ccccc4)C3)C2)nc1. The zero-order valence-electron chi connectivity index (χ0n) is 15.0. The molecule has 2 saturated heterocycles. The Labute approximate surface area is 153 Å². The summed E-state index contributed by atoms with van der Waals surface area (Å²) in [5, 5.41) is 0. The van der Waals surface area contributed by atoms with Crippen molar-refractivity contribution in [2.24, 2.45) is 5.41 Å². The third kappa shape index (κ3) is 4.02. The summed E-state index contributed by atoms with van der Waals surface area (Å²) in [6.07, 6.45) is 4.77. The lowest BCUT2D eigenvalue weighted by Crippen LogP contribution is -2.50. The highest BCUT2D eigenvalue weighted by molar-refractivity contribution is 5.30. The predicted octanol–water partition coefficient (Wildman–Crippen LogP) is 2.73. The Morgan fingerprint density at radius 1 is 1.08 bits per heavy atom. The normalized spacial score (nSPS) is 24.6. The van der Waals surface area contributed by atoms with Gasteiger partial charge in [0.1, 0.15) is 0 Å². The first-order valence-electron chi connectivity index (χ1n) is 9.29. The second-order valence-electron chi connectivity index (χ2n) is 7.48. The molecule has 0 saturated carbocycles. The molecule has 0 N–H and O–H groups in total. The van der Waals surface area contributed by atoms with E-state index in [0.717, 1.165) is 52.2 Å². The van der Waals surface area contributed by atoms with Gasteiger partial charge in [-0.3, -0.25) is 4.90 Å². The fourth-order valence-electron chi connectivity index (χ4n) is 4.17. The molecule has 2 aliphatic rings. The van der Waals surface area contributed by atoms with E-state index in [1.165, 1.54) is 18.0 Å². The summed E-state index contributed by atoms with van der Waals surface area (Å²) in [6.45, 7) is 6.09. The Bertz CT molecular complexity index is 712. The molecule has 0 amide bonds. The van der Waals surface area contributed by atoms with Crippen LogP contribution in [0.1, 0.15) is 18.4 Å². The average Bonchev–Trinajstić information content (AvgIpc) is 2.86. The quantitative estimate of drug-likeness (QED) is 0.846. The van der Waals surface area contributed by atoms with Crippen LogP contribution in [0.15, 0.2) is 42.7 Å². The molecule has 1 atom stereocenters. The smallest absolute Gasteiger partial charge is 0.225 e. The number of aromatic nitrogens is 2. The van der Waals surface area contributed by atoms with E-state index in [4.69, 9.17) is 4.74 Å². The minimum atomic E-state index is -0.402. The van der Waals surface area contributed by atoms with Gasteiger partial charge in [-0.25, -0.2) is 14.4 Å². The van der Waals surface area contributed by atoms with Crippen LogP contribution >= 0.6 is 0 Å². The minimum absolute atomic E-state index is 0.0707. The van der Waals surface area contributed by atoms with Gasteiger partial charge < -0.3 is 9.64 Å². The molecule has 3 heterocycles. The molecule has 5 nitrogen and oxygen atoms in total. The third-order valence-corrected chi connectivity index (χ3v) is 5.32. The van der Waals surface area contributed by atoms with Crippen LogP contribution in [0.5, 0.6) is 0 Å². The summed E-state index contributed by atoms with van der Waals surface area (Å²) in [5.41, 5.74) is 1.42. The Morgan fingerprint density at radius 3 is 2.69 bits per heavy atom. The molecule has 4 rings (SSSR count). The molecule has 1 aromatic carbocycles. The van der Waals surface area contributed by atoms with Crippen LogP contribution in [0.4, 0.5) is 10.3 Å². The molecule has 0 radical (unpaired) electrons. The molecule has 1 spiro atoms. The maximum Gasteiger partial charge on any atom is 0.225 e. The minimum Gasteiger partial charge on any atom is -0.379 e. The van der Waals surface area contributed by atoms with E-state index in [0.29, 0.717) is 12.6 Å². The number of ether oxygens (including phenoxy) is 1. The molecule has 0 unspecified atom stereocenters. The lowest BCUT2D eigenvalue weighted by atomic mass is 9.80. The first-order valence-corrected chi connectivity index (χ1v) is 9.29. The van der Waals surface area contributed by atoms with Crippen molar-refractivity contribution in [3.63, 3.8) is 0 Å². The highest BCUT2D eigenvalue weighted by Gasteiger charge is 2.39. The largest absolute Gasteiger partial charge is 0.379 e. The van der Waals surface area contributed by atoms with Gasteiger partial charge in [0.15, 0.2) is 5.82 Å². The highest BCUT2D eigenvalue weighted by Crippen LogP contribution is 2.34. The van der Waals surface area contributed by atoms with Gasteiger partial charge in [0.05, 0.1) is 25.6 Å². The molecule has 2 aliphatic heterocycles. The second-order valence-corrected chi connectivity index (χ2v) is 7.48. The van der Waals surface area contributed by atoms with Gasteiger partial charge in [-0.15, -0.1) is 0 Å². The molecule has 2 fully saturated rings. The van der Waals surface area contributed by atoms with Crippen LogP contribution in [0.3, 0.4) is 0 Å². The Kier molecular flexibility index (Phi) is 5.13. The van der Waals surface area contributed by atoms with Gasteiger partial charge in [-0.2, -0.15) is 0 Å². The summed E-state index contributed by atoms with van der Waals surface area (Å²) in [5.74, 6) is 0.192. The molecule has 0 aliphatic carbocycles. The summed E-state index contributed by atoms with van der Waals surface area (Å²) in [6, 6.07) is 10.6. The van der Waals surface area contributed by atoms with Gasteiger partial charge in [0.2, 0.25) is 5.95 Å². The summed E-state index contributed by atoms with van der Waals surface area (Å²) in [4.78, 5) is 13.0. The van der Waals surface area contributed by atoms with Crippen molar-refractivity contribution < 1.29 is 9.13 Å². The number of nitrogens with zero attached hydrogens (tertiary/aromatic N) is 4. The number of anilines is 1. The highest BCUT2D eigenvalue weighted by atomic mass is 19.1. The molecular weight excluding hydrogens is 331 g/mol. The Balaban J connectivity index is 1.49. The first-order chi connectivity index (χ1) is 12.7. The number of halogens is 1. The van der Waals surface area contributed by atoms with Gasteiger partial charge in [-0.05, 0) is 24.9 Å². The molecule has 6 heteroatoms. The molecule has 2 aromatic rings. The van der Waals surface area contributed by atoms with E-state index in [2.05, 4.69) is 50.1 Å². The zero-order chi connectivity index (χ0) is 17.8. The second kappa shape index (κ2) is 7.68. The van der Waals surface area contributed by atoms with Crippen molar-refractivity contribution in [1.29, 1.82) is 0 Å². The Hall–Kier alpha value is -2.05. The van der Waals surface area contributed by atoms with Crippen LogP contribution in [0.2, 0.25) is 0 Å². The van der Waals surface area contributed by atoms with Gasteiger partial charge in [-0.1, -0.05) is 30.3 Å². The van der Waals surface area contributed by atoms with Crippen molar-refractivity contribution in [1.82, 2.24) is 14.9 Å². The number of piperidine rings is 1. The molecule has 26 heavy (non-hydrogen) atoms. The third-order valence-electron chi connectivity index (χ3n) is 5.32. The van der Waals surface area contributed by atoms with Crippen molar-refractivity contribution in [3.05, 3.63) is 54.1 Å². The Morgan fingerprint density at radius 2 is 1.88 bits per heavy atom. The van der Waals surface area contributed by atoms with E-state index in [-0.39, 0.29) is 5.41 Å². The number of likely N-dealkylation sites (tertiary alicyclic amines) is 1. The lowest BCUT2D eigenvalue weighted by molar-refractivity contribution is 0.0106. The standard InChI is InChI=1S/C20H25FN4O/c21-18-11-22-19(23-12-18)25-9-10-26-16-20(15-25)7-4-8-24(14-20)13-17-5-2-1-3-6-17/h1-3,5-6,11-12H,4,7-10,13-16H2/t20-/m0/s1. The first kappa shape index (κ1) is 17.4. The zero-order valence-corrected chi connectivity index (χ0v) is 15.0. The number of hydrogen-bond acceptors (Lipinski definition) is 5. The maximum absolute atomic E-state index is 13.2. The van der Waals surface area contributed by atoms with E-state index in [9.17, 15) is 4.39 Å². The van der Waals surface area contributed by atoms with Crippen LogP contribution < -0.4 is 4.90 Å². The average molecular weight is 356 g/mol. The number of benzene rings is 1. The number of rotatable bonds is 3. The van der Waals surface area contributed by atoms with E-state index in [1.54, 1.807) is 0 Å². The molecule has 0 bridgehead atoms. The topological polar surface area (TPSA) is 41.5 Å². The summed E-state index contributed by atoms with van der Waals surface area (Å²) in [7, 11) is 0. The molecule has 138 valence electrons. The van der Waals surface area contributed by atoms with E-state index < -0.39 is 5.82 Å². The van der Waals surface area contributed by atoms with Crippen molar-refractivity contribution in [3.8, 4) is 0 Å². The van der Waals surface area contributed by atoms with E-state index >= 15 is 0 Å². The summed E-state index contributed by atoms with van der Waals surface area (Å²) < 4.78 is 19.1. The van der Waals surface area contributed by atoms with Crippen molar-refractivity contribution in [2.75, 3.05) is 44.3 Å². The van der Waals surface area contributed by atoms with Gasteiger partial charge in [0.25, 0.3) is 0 Å². The van der Waals surface area contributed by atoms with Crippen LogP contribution in [0, 0.1) is 11.2 Å². The number of hydrogen-bond donors (Lipinski definition) is 0. The van der Waals surface area contributed by atoms with Gasteiger partial charge in [0, 0.05) is 31.6 Å². The van der Waals surface area contributed by atoms with Gasteiger partial charge >= 0.3 is 0 Å². The molecule has 1 aromatic heterocycles. The molecular formula is C20H25FN4O. The fourth-order valence-corrected chi connectivity index (χ4v) is 4.17. The van der Waals surface area contributed by atoms with Crippen LogP contribution in [0.25, 0.3) is 0 Å². The van der Waals surface area contributed by atoms with E-state index in [1.807, 2.05) is 0 Å². The summed E-state index contributed by atoms with van der Waals surface area (Å²) >= 11 is 0. The maximum atomic E-state index is 13.2. The van der Waals surface area contributed by atoms with Crippen LogP contribution in [-0.4, -0.2) is 54.3 Å². The predicted molar refractivity (Wildman–Crippen MR) is 98.4 cm³/mol. The lowest BCUT2D eigenvalue weighted by Gasteiger charge is -2.43.